The summed E-state index contributed by atoms with van der Waals surface area (Å²) in [5.41, 5.74) is -0.493. The zero-order valence-electron chi connectivity index (χ0n) is 11.2. The van der Waals surface area contributed by atoms with Gasteiger partial charge in [-0.1, -0.05) is 0 Å². The van der Waals surface area contributed by atoms with Crippen LogP contribution in [0, 0.1) is 5.41 Å². The summed E-state index contributed by atoms with van der Waals surface area (Å²) in [6.45, 7) is 4.51. The number of nitrogens with one attached hydrogen (secondary N) is 2. The lowest BCUT2D eigenvalue weighted by molar-refractivity contribution is -0.131. The lowest BCUT2D eigenvalue weighted by atomic mass is 9.92. The van der Waals surface area contributed by atoms with Crippen LogP contribution in [0.4, 0.5) is 0 Å². The van der Waals surface area contributed by atoms with Crippen molar-refractivity contribution in [3.05, 3.63) is 0 Å². The summed E-state index contributed by atoms with van der Waals surface area (Å²) < 4.78 is 0. The van der Waals surface area contributed by atoms with Gasteiger partial charge in [-0.05, 0) is 26.7 Å². The molecule has 0 aromatic rings. The molecule has 0 aromatic carbocycles. The summed E-state index contributed by atoms with van der Waals surface area (Å²) in [7, 11) is 3.46. The highest BCUT2D eigenvalue weighted by Gasteiger charge is 2.30. The van der Waals surface area contributed by atoms with Crippen LogP contribution in [-0.4, -0.2) is 49.9 Å². The van der Waals surface area contributed by atoms with Crippen molar-refractivity contribution in [3.8, 4) is 0 Å². The minimum Gasteiger partial charge on any atom is -0.359 e. The monoisotopic (exact) mass is 241 g/mol. The van der Waals surface area contributed by atoms with Gasteiger partial charge in [0.05, 0.1) is 12.0 Å². The Morgan fingerprint density at radius 1 is 1.35 bits per heavy atom. The Morgan fingerprint density at radius 2 is 1.94 bits per heavy atom. The highest BCUT2D eigenvalue weighted by Crippen LogP contribution is 2.25. The third kappa shape index (κ3) is 4.00. The maximum absolute atomic E-state index is 11.7. The van der Waals surface area contributed by atoms with Crippen molar-refractivity contribution >= 4 is 11.8 Å². The first kappa shape index (κ1) is 14.0. The summed E-state index contributed by atoms with van der Waals surface area (Å²) in [6.07, 6.45) is 2.23. The Kier molecular flexibility index (Phi) is 4.51. The molecule has 1 aliphatic rings. The van der Waals surface area contributed by atoms with Gasteiger partial charge >= 0.3 is 0 Å². The normalized spacial score (nSPS) is 15.5. The van der Waals surface area contributed by atoms with Gasteiger partial charge in [-0.3, -0.25) is 9.59 Å². The molecule has 1 fully saturated rings. The number of rotatable bonds is 6. The van der Waals surface area contributed by atoms with Gasteiger partial charge in [0, 0.05) is 26.7 Å². The van der Waals surface area contributed by atoms with Crippen LogP contribution in [0.2, 0.25) is 0 Å². The Bertz CT molecular complexity index is 298. The number of hydrogen-bond donors (Lipinski definition) is 2. The minimum absolute atomic E-state index is 0.0204. The number of hydrogen-bond acceptors (Lipinski definition) is 3. The van der Waals surface area contributed by atoms with E-state index in [4.69, 9.17) is 0 Å². The molecule has 0 radical (unpaired) electrons. The van der Waals surface area contributed by atoms with Crippen LogP contribution in [0.25, 0.3) is 0 Å². The van der Waals surface area contributed by atoms with Crippen molar-refractivity contribution in [2.45, 2.75) is 32.7 Å². The number of nitrogens with zero attached hydrogens (tertiary/aromatic N) is 1. The average Bonchev–Trinajstić information content (AvgIpc) is 3.10. The zero-order chi connectivity index (χ0) is 13.1. The summed E-state index contributed by atoms with van der Waals surface area (Å²) in [5.74, 6) is 0.0770. The van der Waals surface area contributed by atoms with Crippen LogP contribution in [0.3, 0.4) is 0 Å². The van der Waals surface area contributed by atoms with E-state index in [-0.39, 0.29) is 11.8 Å². The smallest absolute Gasteiger partial charge is 0.236 e. The second kappa shape index (κ2) is 5.49. The first-order chi connectivity index (χ1) is 7.88. The molecule has 2 amide bonds. The summed E-state index contributed by atoms with van der Waals surface area (Å²) in [6, 6.07) is 0.441. The predicted molar refractivity (Wildman–Crippen MR) is 66.5 cm³/mol. The number of likely N-dealkylation sites (N-methyl/N-ethyl adjacent to an activating group) is 1. The molecule has 0 bridgehead atoms. The van der Waals surface area contributed by atoms with Crippen LogP contribution >= 0.6 is 0 Å². The van der Waals surface area contributed by atoms with Gasteiger partial charge in [-0.2, -0.15) is 0 Å². The van der Waals surface area contributed by atoms with E-state index in [1.54, 1.807) is 11.9 Å². The van der Waals surface area contributed by atoms with Gasteiger partial charge in [-0.15, -0.1) is 0 Å². The van der Waals surface area contributed by atoms with E-state index in [1.165, 1.54) is 0 Å². The topological polar surface area (TPSA) is 61.4 Å². The Labute approximate surface area is 103 Å². The molecule has 5 nitrogen and oxygen atoms in total. The van der Waals surface area contributed by atoms with E-state index in [2.05, 4.69) is 10.6 Å². The first-order valence-corrected chi connectivity index (χ1v) is 6.07. The van der Waals surface area contributed by atoms with Crippen LogP contribution < -0.4 is 10.6 Å². The molecule has 0 atom stereocenters. The summed E-state index contributed by atoms with van der Waals surface area (Å²) in [5, 5.41) is 5.67. The molecular weight excluding hydrogens is 218 g/mol. The molecular formula is C12H23N3O2. The van der Waals surface area contributed by atoms with Gasteiger partial charge in [-0.25, -0.2) is 0 Å². The molecule has 1 aliphatic carbocycles. The van der Waals surface area contributed by atoms with E-state index in [9.17, 15) is 9.59 Å². The molecule has 0 spiro atoms. The molecule has 0 saturated heterocycles. The fourth-order valence-corrected chi connectivity index (χ4v) is 1.69. The maximum atomic E-state index is 11.7. The fraction of sp³-hybridized carbons (Fsp3) is 0.833. The highest BCUT2D eigenvalue weighted by molar-refractivity contribution is 5.82. The highest BCUT2D eigenvalue weighted by atomic mass is 16.2. The van der Waals surface area contributed by atoms with E-state index in [0.29, 0.717) is 19.1 Å². The van der Waals surface area contributed by atoms with Crippen molar-refractivity contribution in [3.63, 3.8) is 0 Å². The van der Waals surface area contributed by atoms with Gasteiger partial charge in [0.1, 0.15) is 0 Å². The number of amides is 2. The molecule has 0 heterocycles. The van der Waals surface area contributed by atoms with Crippen LogP contribution in [-0.2, 0) is 9.59 Å². The Morgan fingerprint density at radius 3 is 2.41 bits per heavy atom. The molecule has 17 heavy (non-hydrogen) atoms. The molecule has 0 aliphatic heterocycles. The van der Waals surface area contributed by atoms with Gasteiger partial charge < -0.3 is 15.5 Å². The van der Waals surface area contributed by atoms with Gasteiger partial charge in [0.15, 0.2) is 0 Å². The van der Waals surface area contributed by atoms with E-state index in [0.717, 1.165) is 12.8 Å². The summed E-state index contributed by atoms with van der Waals surface area (Å²) in [4.78, 5) is 25.0. The van der Waals surface area contributed by atoms with Crippen molar-refractivity contribution in [2.24, 2.45) is 5.41 Å². The third-order valence-corrected chi connectivity index (χ3v) is 3.17. The molecule has 1 saturated carbocycles. The van der Waals surface area contributed by atoms with Crippen LogP contribution in [0.5, 0.6) is 0 Å². The Hall–Kier alpha value is -1.10. The van der Waals surface area contributed by atoms with Crippen molar-refractivity contribution in [1.29, 1.82) is 0 Å². The lowest BCUT2D eigenvalue weighted by Crippen LogP contribution is -2.45. The SMILES string of the molecule is CNC(=O)C(C)(C)CNCC(=O)N(C)C1CC1. The fourth-order valence-electron chi connectivity index (χ4n) is 1.69. The quantitative estimate of drug-likeness (QED) is 0.686. The van der Waals surface area contributed by atoms with Gasteiger partial charge in [0.25, 0.3) is 0 Å². The standard InChI is InChI=1S/C12H23N3O2/c1-12(2,11(17)13-3)8-14-7-10(16)15(4)9-5-6-9/h9,14H,5-8H2,1-4H3,(H,13,17). The predicted octanol–water partition coefficient (Wildman–Crippen LogP) is -0.0310. The van der Waals surface area contributed by atoms with Crippen molar-refractivity contribution in [1.82, 2.24) is 15.5 Å². The average molecular weight is 241 g/mol. The molecule has 0 unspecified atom stereocenters. The number of carbonyl (C=O) groups is 2. The van der Waals surface area contributed by atoms with E-state index >= 15 is 0 Å². The lowest BCUT2D eigenvalue weighted by Gasteiger charge is -2.23. The summed E-state index contributed by atoms with van der Waals surface area (Å²) >= 11 is 0. The van der Waals surface area contributed by atoms with E-state index < -0.39 is 5.41 Å². The molecule has 2 N–H and O–H groups in total. The third-order valence-electron chi connectivity index (χ3n) is 3.17. The maximum Gasteiger partial charge on any atom is 0.236 e. The second-order valence-corrected chi connectivity index (χ2v) is 5.30. The number of carbonyl (C=O) groups excluding carboxylic acids is 2. The molecule has 5 heteroatoms. The molecule has 1 rings (SSSR count). The minimum atomic E-state index is -0.493. The van der Waals surface area contributed by atoms with Crippen molar-refractivity contribution < 1.29 is 9.59 Å². The van der Waals surface area contributed by atoms with Crippen molar-refractivity contribution in [2.75, 3.05) is 27.2 Å². The largest absolute Gasteiger partial charge is 0.359 e. The zero-order valence-corrected chi connectivity index (χ0v) is 11.2. The van der Waals surface area contributed by atoms with Crippen LogP contribution in [0.15, 0.2) is 0 Å². The Balaban J connectivity index is 2.26. The van der Waals surface area contributed by atoms with Crippen LogP contribution in [0.1, 0.15) is 26.7 Å². The van der Waals surface area contributed by atoms with Gasteiger partial charge in [0.2, 0.25) is 11.8 Å². The first-order valence-electron chi connectivity index (χ1n) is 6.07. The molecule has 0 aromatic heterocycles. The van der Waals surface area contributed by atoms with E-state index in [1.807, 2.05) is 20.9 Å². The second-order valence-electron chi connectivity index (χ2n) is 5.30. The molecule has 98 valence electrons.